The van der Waals surface area contributed by atoms with Crippen LogP contribution in [0.4, 0.5) is 10.5 Å². The van der Waals surface area contributed by atoms with Crippen LogP contribution in [0.2, 0.25) is 0 Å². The van der Waals surface area contributed by atoms with Gasteiger partial charge in [-0.2, -0.15) is 16.3 Å². The average molecular weight is 429 g/mol. The molecule has 1 unspecified atom stereocenters. The molecule has 3 heterocycles. The van der Waals surface area contributed by atoms with Crippen molar-refractivity contribution in [3.63, 3.8) is 0 Å². The number of methoxy groups -OCH3 is 2. The van der Waals surface area contributed by atoms with Gasteiger partial charge in [0, 0.05) is 36.5 Å². The fourth-order valence-corrected chi connectivity index (χ4v) is 4.24. The van der Waals surface area contributed by atoms with Crippen LogP contribution < -0.4 is 14.8 Å². The number of likely N-dealkylation sites (tertiary alicyclic amines) is 1. The van der Waals surface area contributed by atoms with Crippen LogP contribution in [0.1, 0.15) is 18.7 Å². The van der Waals surface area contributed by atoms with Crippen LogP contribution >= 0.6 is 11.3 Å². The Bertz CT molecular complexity index is 989. The first-order valence-corrected chi connectivity index (χ1v) is 10.7. The van der Waals surface area contributed by atoms with E-state index in [2.05, 4.69) is 15.5 Å². The van der Waals surface area contributed by atoms with Crippen LogP contribution in [0.3, 0.4) is 0 Å². The van der Waals surface area contributed by atoms with Crippen molar-refractivity contribution in [3.05, 3.63) is 40.9 Å². The van der Waals surface area contributed by atoms with E-state index in [1.54, 1.807) is 43.8 Å². The van der Waals surface area contributed by atoms with Gasteiger partial charge >= 0.3 is 6.03 Å². The zero-order valence-corrected chi connectivity index (χ0v) is 17.8. The molecule has 1 fully saturated rings. The molecule has 2 amide bonds. The van der Waals surface area contributed by atoms with E-state index in [-0.39, 0.29) is 11.9 Å². The van der Waals surface area contributed by atoms with E-state index in [0.717, 1.165) is 18.4 Å². The third-order valence-corrected chi connectivity index (χ3v) is 5.85. The predicted octanol–water partition coefficient (Wildman–Crippen LogP) is 4.30. The third-order valence-electron chi connectivity index (χ3n) is 5.17. The lowest BCUT2D eigenvalue weighted by Gasteiger charge is -2.32. The molecule has 158 valence electrons. The molecule has 1 atom stereocenters. The number of carbonyl (C=O) groups excluding carboxylic acids is 1. The van der Waals surface area contributed by atoms with E-state index in [0.29, 0.717) is 48.4 Å². The molecule has 30 heavy (non-hydrogen) atoms. The van der Waals surface area contributed by atoms with E-state index in [9.17, 15) is 4.79 Å². The maximum atomic E-state index is 12.8. The molecule has 0 saturated carbocycles. The Balaban J connectivity index is 1.37. The Morgan fingerprint density at radius 2 is 2.23 bits per heavy atom. The number of carbonyl (C=O) groups is 1. The topological polar surface area (TPSA) is 89.7 Å². The largest absolute Gasteiger partial charge is 0.497 e. The second-order valence-electron chi connectivity index (χ2n) is 7.18. The molecule has 0 radical (unpaired) electrons. The van der Waals surface area contributed by atoms with E-state index in [1.807, 2.05) is 21.7 Å². The third kappa shape index (κ3) is 4.56. The smallest absolute Gasteiger partial charge is 0.321 e. The number of piperidine rings is 1. The van der Waals surface area contributed by atoms with Gasteiger partial charge in [0.1, 0.15) is 11.5 Å². The highest BCUT2D eigenvalue weighted by molar-refractivity contribution is 7.08. The van der Waals surface area contributed by atoms with Gasteiger partial charge in [0.05, 0.1) is 19.9 Å². The number of nitrogens with zero attached hydrogens (tertiary/aromatic N) is 3. The van der Waals surface area contributed by atoms with Crippen molar-refractivity contribution in [1.29, 1.82) is 0 Å². The second kappa shape index (κ2) is 9.17. The number of anilines is 1. The fraction of sp³-hybridized carbons (Fsp3) is 0.381. The minimum atomic E-state index is -0.146. The lowest BCUT2D eigenvalue weighted by Crippen LogP contribution is -2.42. The van der Waals surface area contributed by atoms with Crippen molar-refractivity contribution in [2.75, 3.05) is 32.6 Å². The summed E-state index contributed by atoms with van der Waals surface area (Å²) in [4.78, 5) is 19.2. The van der Waals surface area contributed by atoms with E-state index >= 15 is 0 Å². The molecular weight excluding hydrogens is 404 g/mol. The first-order valence-electron chi connectivity index (χ1n) is 9.79. The standard InChI is InChI=1S/C21H24N4O4S/c1-27-16-5-6-17(18(11-16)28-2)22-21(26)25-8-3-4-14(12-25)10-19-23-20(24-29-19)15-7-9-30-13-15/h5-7,9,11,13-14H,3-4,8,10,12H2,1-2H3,(H,22,26). The highest BCUT2D eigenvalue weighted by atomic mass is 32.1. The summed E-state index contributed by atoms with van der Waals surface area (Å²) < 4.78 is 16.0. The number of amides is 2. The Hall–Kier alpha value is -3.07. The normalized spacial score (nSPS) is 16.3. The molecule has 0 spiro atoms. The van der Waals surface area contributed by atoms with Gasteiger partial charge < -0.3 is 24.2 Å². The quantitative estimate of drug-likeness (QED) is 0.630. The molecule has 1 aromatic carbocycles. The zero-order valence-electron chi connectivity index (χ0n) is 17.0. The Labute approximate surface area is 178 Å². The molecule has 0 aliphatic carbocycles. The van der Waals surface area contributed by atoms with Crippen LogP contribution in [0, 0.1) is 5.92 Å². The van der Waals surface area contributed by atoms with Crippen LogP contribution in [-0.2, 0) is 6.42 Å². The van der Waals surface area contributed by atoms with Crippen molar-refractivity contribution in [1.82, 2.24) is 15.0 Å². The van der Waals surface area contributed by atoms with Gasteiger partial charge in [0.2, 0.25) is 11.7 Å². The molecule has 3 aromatic rings. The number of ether oxygens (including phenoxy) is 2. The Kier molecular flexibility index (Phi) is 6.18. The van der Waals surface area contributed by atoms with Crippen LogP contribution in [0.25, 0.3) is 11.4 Å². The van der Waals surface area contributed by atoms with Crippen molar-refractivity contribution in [2.24, 2.45) is 5.92 Å². The maximum absolute atomic E-state index is 12.8. The van der Waals surface area contributed by atoms with Crippen molar-refractivity contribution in [2.45, 2.75) is 19.3 Å². The van der Waals surface area contributed by atoms with E-state index in [1.165, 1.54) is 0 Å². The van der Waals surface area contributed by atoms with Gasteiger partial charge in [-0.15, -0.1) is 0 Å². The summed E-state index contributed by atoms with van der Waals surface area (Å²) in [7, 11) is 3.16. The molecule has 1 saturated heterocycles. The van der Waals surface area contributed by atoms with Gasteiger partial charge in [-0.05, 0) is 42.3 Å². The molecule has 1 aliphatic heterocycles. The summed E-state index contributed by atoms with van der Waals surface area (Å²) in [5.74, 6) is 2.73. The predicted molar refractivity (Wildman–Crippen MR) is 114 cm³/mol. The van der Waals surface area contributed by atoms with Gasteiger partial charge in [-0.25, -0.2) is 4.79 Å². The highest BCUT2D eigenvalue weighted by Crippen LogP contribution is 2.30. The number of aromatic nitrogens is 2. The molecule has 1 aliphatic rings. The molecular formula is C21H24N4O4S. The average Bonchev–Trinajstić information content (AvgIpc) is 3.46. The van der Waals surface area contributed by atoms with Crippen LogP contribution in [0.15, 0.2) is 39.5 Å². The summed E-state index contributed by atoms with van der Waals surface area (Å²) in [6, 6.07) is 7.14. The van der Waals surface area contributed by atoms with Crippen LogP contribution in [-0.4, -0.2) is 48.4 Å². The number of rotatable bonds is 6. The molecule has 2 aromatic heterocycles. The number of benzene rings is 1. The number of hydrogen-bond donors (Lipinski definition) is 1. The van der Waals surface area contributed by atoms with Gasteiger partial charge in [-0.1, -0.05) is 5.16 Å². The first-order chi connectivity index (χ1) is 14.7. The number of hydrogen-bond acceptors (Lipinski definition) is 7. The van der Waals surface area contributed by atoms with Crippen molar-refractivity contribution < 1.29 is 18.8 Å². The van der Waals surface area contributed by atoms with Crippen molar-refractivity contribution >= 4 is 23.1 Å². The monoisotopic (exact) mass is 428 g/mol. The van der Waals surface area contributed by atoms with E-state index in [4.69, 9.17) is 14.0 Å². The summed E-state index contributed by atoms with van der Waals surface area (Å²) in [6.45, 7) is 1.35. The minimum Gasteiger partial charge on any atom is -0.497 e. The maximum Gasteiger partial charge on any atom is 0.321 e. The number of thiophene rings is 1. The molecule has 9 heteroatoms. The Morgan fingerprint density at radius 3 is 3.00 bits per heavy atom. The molecule has 1 N–H and O–H groups in total. The summed E-state index contributed by atoms with van der Waals surface area (Å²) in [5, 5.41) is 11.0. The lowest BCUT2D eigenvalue weighted by molar-refractivity contribution is 0.173. The van der Waals surface area contributed by atoms with E-state index < -0.39 is 0 Å². The Morgan fingerprint density at radius 1 is 1.33 bits per heavy atom. The lowest BCUT2D eigenvalue weighted by atomic mass is 9.95. The van der Waals surface area contributed by atoms with Gasteiger partial charge in [-0.3, -0.25) is 0 Å². The highest BCUT2D eigenvalue weighted by Gasteiger charge is 2.26. The summed E-state index contributed by atoms with van der Waals surface area (Å²) >= 11 is 1.60. The molecule has 0 bridgehead atoms. The number of nitrogens with one attached hydrogen (secondary N) is 1. The second-order valence-corrected chi connectivity index (χ2v) is 7.96. The molecule has 8 nitrogen and oxygen atoms in total. The van der Waals surface area contributed by atoms with Gasteiger partial charge in [0.25, 0.3) is 0 Å². The fourth-order valence-electron chi connectivity index (χ4n) is 3.61. The SMILES string of the molecule is COc1ccc(NC(=O)N2CCCC(Cc3nc(-c4ccsc4)no3)C2)c(OC)c1. The minimum absolute atomic E-state index is 0.146. The van der Waals surface area contributed by atoms with Crippen LogP contribution in [0.5, 0.6) is 11.5 Å². The van der Waals surface area contributed by atoms with Crippen molar-refractivity contribution in [3.8, 4) is 22.9 Å². The van der Waals surface area contributed by atoms with Gasteiger partial charge in [0.15, 0.2) is 0 Å². The summed E-state index contributed by atoms with van der Waals surface area (Å²) in [6.07, 6.45) is 2.61. The first kappa shape index (κ1) is 20.2. The zero-order chi connectivity index (χ0) is 20.9. The number of urea groups is 1. The molecule has 4 rings (SSSR count). The summed E-state index contributed by atoms with van der Waals surface area (Å²) in [5.41, 5.74) is 1.58.